The molecule has 0 heterocycles. The van der Waals surface area contributed by atoms with E-state index >= 15 is 0 Å². The summed E-state index contributed by atoms with van der Waals surface area (Å²) in [6.45, 7) is 0. The molecular formula is C18H22O22. The van der Waals surface area contributed by atoms with Crippen LogP contribution >= 0.6 is 0 Å². The van der Waals surface area contributed by atoms with Crippen molar-refractivity contribution in [2.45, 2.75) is 55.4 Å². The first-order valence-corrected chi connectivity index (χ1v) is 9.82. The highest BCUT2D eigenvalue weighted by Crippen LogP contribution is 2.15. The van der Waals surface area contributed by atoms with Crippen LogP contribution in [0, 0.1) is 0 Å². The number of carbonyl (C=O) groups is 9. The second kappa shape index (κ2) is 16.4. The predicted molar refractivity (Wildman–Crippen MR) is 109 cm³/mol. The molecule has 0 rings (SSSR count). The third kappa shape index (κ3) is 13.3. The molecule has 5 unspecified atom stereocenters. The number of hydrogen-bond acceptors (Lipinski definition) is 17. The van der Waals surface area contributed by atoms with Gasteiger partial charge in [-0.2, -0.15) is 0 Å². The third-order valence-electron chi connectivity index (χ3n) is 3.92. The first-order valence-electron chi connectivity index (χ1n) is 9.82. The monoisotopic (exact) mass is 590 g/mol. The predicted octanol–water partition coefficient (Wildman–Crippen LogP) is -6.76. The van der Waals surface area contributed by atoms with Gasteiger partial charge in [-0.25, -0.2) is 28.8 Å². The van der Waals surface area contributed by atoms with Crippen molar-refractivity contribution in [2.24, 2.45) is 0 Å². The van der Waals surface area contributed by atoms with Crippen molar-refractivity contribution in [3.8, 4) is 0 Å². The minimum Gasteiger partial charge on any atom is -0.481 e. The van der Waals surface area contributed by atoms with Crippen LogP contribution in [0.3, 0.4) is 0 Å². The quantitative estimate of drug-likeness (QED) is 0.0661. The molecule has 0 spiro atoms. The van der Waals surface area contributed by atoms with Gasteiger partial charge in [0.05, 0.1) is 19.3 Å². The van der Waals surface area contributed by atoms with Crippen LogP contribution in [0.4, 0.5) is 0 Å². The Morgan fingerprint density at radius 1 is 0.550 bits per heavy atom. The molecule has 11 N–H and O–H groups in total. The topological polar surface area (TPSA) is 395 Å². The lowest BCUT2D eigenvalue weighted by Crippen LogP contribution is -2.43. The van der Waals surface area contributed by atoms with E-state index in [0.29, 0.717) is 0 Å². The molecule has 40 heavy (non-hydrogen) atoms. The molecular weight excluding hydrogens is 568 g/mol. The van der Waals surface area contributed by atoms with Gasteiger partial charge >= 0.3 is 53.7 Å². The second-order valence-electron chi connectivity index (χ2n) is 7.19. The molecule has 0 bridgehead atoms. The van der Waals surface area contributed by atoms with Crippen LogP contribution in [-0.4, -0.2) is 146 Å². The van der Waals surface area contributed by atoms with Crippen LogP contribution in [0.2, 0.25) is 0 Å². The van der Waals surface area contributed by atoms with Gasteiger partial charge in [-0.15, -0.1) is 0 Å². The number of rotatable bonds is 14. The number of esters is 4. The van der Waals surface area contributed by atoms with Crippen LogP contribution in [0.15, 0.2) is 0 Å². The number of hydrogen-bond donors (Lipinski definition) is 11. The van der Waals surface area contributed by atoms with E-state index in [2.05, 4.69) is 9.47 Å². The number of carboxylic acid groups (broad SMARTS) is 5. The molecule has 0 aliphatic rings. The number of ether oxygens (including phenoxy) is 2. The van der Waals surface area contributed by atoms with E-state index in [-0.39, 0.29) is 0 Å². The Balaban J connectivity index is 0. The maximum atomic E-state index is 11.3. The summed E-state index contributed by atoms with van der Waals surface area (Å²) >= 11 is 0. The van der Waals surface area contributed by atoms with Crippen LogP contribution in [0.25, 0.3) is 0 Å². The number of carbonyl (C=O) groups excluding carboxylic acids is 4. The van der Waals surface area contributed by atoms with Gasteiger partial charge in [0.1, 0.15) is 0 Å². The molecule has 0 saturated heterocycles. The van der Waals surface area contributed by atoms with Crippen molar-refractivity contribution >= 4 is 53.7 Å². The van der Waals surface area contributed by atoms with Crippen LogP contribution in [-0.2, 0) is 52.6 Å². The average Bonchev–Trinajstić information content (AvgIpc) is 2.80. The molecule has 226 valence electrons. The highest BCUT2D eigenvalue weighted by Gasteiger charge is 2.41. The van der Waals surface area contributed by atoms with Crippen molar-refractivity contribution in [1.82, 2.24) is 0 Å². The van der Waals surface area contributed by atoms with E-state index in [1.165, 1.54) is 0 Å². The molecule has 0 aliphatic heterocycles. The Kier molecular flexibility index (Phi) is 15.4. The molecule has 0 aliphatic carbocycles. The lowest BCUT2D eigenvalue weighted by Gasteiger charge is -2.18. The Morgan fingerprint density at radius 3 is 1.20 bits per heavy atom. The fraction of sp³-hybridized carbons (Fsp3) is 0.500. The zero-order valence-electron chi connectivity index (χ0n) is 19.4. The molecule has 0 radical (unpaired) electrons. The maximum absolute atomic E-state index is 11.3. The Hall–Kier alpha value is -4.61. The first-order chi connectivity index (χ1) is 18.1. The van der Waals surface area contributed by atoms with Gasteiger partial charge < -0.3 is 65.6 Å². The van der Waals surface area contributed by atoms with Crippen molar-refractivity contribution < 1.29 is 109 Å². The maximum Gasteiger partial charge on any atom is 0.346 e. The van der Waals surface area contributed by atoms with Crippen molar-refractivity contribution in [1.29, 1.82) is 0 Å². The molecule has 0 aromatic carbocycles. The van der Waals surface area contributed by atoms with Gasteiger partial charge in [0.2, 0.25) is 0 Å². The standard InChI is InChI=1S/C12H14O15.C6H8O7/c13-2(10(23)27-12(25)7(18)5(16)9(21)22)1-3(14)26-11(24)6(17)4(15)8(19)20;7-3(8)1-6(13,5(11)12)2-4(9)10/h2,4-7,13,15-18H,1H2,(H,19,20)(H,21,22);13H,1-2H2,(H,7,8)(H,9,10)(H,11,12). The lowest BCUT2D eigenvalue weighted by molar-refractivity contribution is -0.182. The molecule has 5 atom stereocenters. The van der Waals surface area contributed by atoms with Gasteiger partial charge in [0.25, 0.3) is 0 Å². The van der Waals surface area contributed by atoms with Crippen LogP contribution in [0.5, 0.6) is 0 Å². The smallest absolute Gasteiger partial charge is 0.346 e. The summed E-state index contributed by atoms with van der Waals surface area (Å²) in [5, 5.41) is 95.7. The third-order valence-corrected chi connectivity index (χ3v) is 3.92. The van der Waals surface area contributed by atoms with Gasteiger partial charge in [-0.3, -0.25) is 14.4 Å². The van der Waals surface area contributed by atoms with E-state index in [1.807, 2.05) is 0 Å². The number of aliphatic carboxylic acids is 5. The molecule has 0 aromatic heterocycles. The highest BCUT2D eigenvalue weighted by molar-refractivity contribution is 5.96. The largest absolute Gasteiger partial charge is 0.481 e. The average molecular weight is 590 g/mol. The van der Waals surface area contributed by atoms with E-state index in [9.17, 15) is 48.3 Å². The molecule has 0 amide bonds. The second-order valence-corrected chi connectivity index (χ2v) is 7.19. The summed E-state index contributed by atoms with van der Waals surface area (Å²) in [6.07, 6.45) is -16.7. The number of aliphatic hydroxyl groups excluding tert-OH is 5. The first kappa shape index (κ1) is 37.5. The Bertz CT molecular complexity index is 997. The van der Waals surface area contributed by atoms with Crippen LogP contribution < -0.4 is 0 Å². The van der Waals surface area contributed by atoms with Gasteiger partial charge in [0, 0.05) is 0 Å². The van der Waals surface area contributed by atoms with Gasteiger partial charge in [0.15, 0.2) is 36.1 Å². The van der Waals surface area contributed by atoms with Gasteiger partial charge in [-0.05, 0) is 0 Å². The van der Waals surface area contributed by atoms with Crippen LogP contribution in [0.1, 0.15) is 19.3 Å². The normalized spacial score (nSPS) is 14.4. The summed E-state index contributed by atoms with van der Waals surface area (Å²) in [5.74, 6) is -16.6. The molecule has 22 nitrogen and oxygen atoms in total. The summed E-state index contributed by atoms with van der Waals surface area (Å²) in [4.78, 5) is 96.1. The van der Waals surface area contributed by atoms with E-state index in [1.54, 1.807) is 0 Å². The zero-order valence-corrected chi connectivity index (χ0v) is 19.4. The zero-order chi connectivity index (χ0) is 32.1. The summed E-state index contributed by atoms with van der Waals surface area (Å²) < 4.78 is 7.66. The summed E-state index contributed by atoms with van der Waals surface area (Å²) in [7, 11) is 0. The van der Waals surface area contributed by atoms with Gasteiger partial charge in [-0.1, -0.05) is 0 Å². The van der Waals surface area contributed by atoms with E-state index in [4.69, 9.17) is 51.1 Å². The minimum atomic E-state index is -2.74. The summed E-state index contributed by atoms with van der Waals surface area (Å²) in [6, 6.07) is 0. The van der Waals surface area contributed by atoms with Crippen molar-refractivity contribution in [3.05, 3.63) is 0 Å². The van der Waals surface area contributed by atoms with E-state index in [0.717, 1.165) is 0 Å². The fourth-order valence-electron chi connectivity index (χ4n) is 1.92. The number of aliphatic hydroxyl groups is 6. The molecule has 0 fully saturated rings. The summed E-state index contributed by atoms with van der Waals surface area (Å²) in [5.41, 5.74) is -2.74. The van der Waals surface area contributed by atoms with Crippen molar-refractivity contribution in [3.63, 3.8) is 0 Å². The SMILES string of the molecule is O=C(CC(O)C(=O)OC(=O)C(O)C(O)C(=O)O)OC(=O)C(O)C(O)C(=O)O.O=C(O)CC(O)(CC(=O)O)C(=O)O. The molecule has 0 aromatic rings. The molecule has 22 heteroatoms. The Labute approximate surface area is 218 Å². The van der Waals surface area contributed by atoms with Crippen molar-refractivity contribution in [2.75, 3.05) is 0 Å². The minimum absolute atomic E-state index is 1.14. The fourth-order valence-corrected chi connectivity index (χ4v) is 1.92. The number of carboxylic acids is 5. The van der Waals surface area contributed by atoms with E-state index < -0.39 is 109 Å². The molecule has 0 saturated carbocycles. The highest BCUT2D eigenvalue weighted by atomic mass is 16.6. The Morgan fingerprint density at radius 2 is 0.900 bits per heavy atom. The lowest BCUT2D eigenvalue weighted by atomic mass is 9.96.